The standard InChI is InChI=1S/C20H14O3/c1-22-20(21)15-8-3-2-7-13(15)14-10-6-12-18-19(14)16-9-4-5-11-17(16)23-18/h2-12H,1H3. The molecular formula is C20H14O3. The zero-order valence-corrected chi connectivity index (χ0v) is 12.6. The normalized spacial score (nSPS) is 11.0. The molecule has 112 valence electrons. The van der Waals surface area contributed by atoms with Crippen LogP contribution in [-0.4, -0.2) is 13.1 Å². The number of rotatable bonds is 2. The third kappa shape index (κ3) is 2.09. The Labute approximate surface area is 133 Å². The van der Waals surface area contributed by atoms with Crippen molar-refractivity contribution in [3.8, 4) is 11.1 Å². The van der Waals surface area contributed by atoms with Gasteiger partial charge in [-0.2, -0.15) is 0 Å². The quantitative estimate of drug-likeness (QED) is 0.487. The summed E-state index contributed by atoms with van der Waals surface area (Å²) in [6.07, 6.45) is 0. The van der Waals surface area contributed by atoms with E-state index in [-0.39, 0.29) is 5.97 Å². The Morgan fingerprint density at radius 2 is 1.52 bits per heavy atom. The average molecular weight is 302 g/mol. The van der Waals surface area contributed by atoms with Crippen LogP contribution in [-0.2, 0) is 4.74 Å². The number of fused-ring (bicyclic) bond motifs is 3. The summed E-state index contributed by atoms with van der Waals surface area (Å²) in [5.74, 6) is -0.342. The second kappa shape index (κ2) is 5.29. The van der Waals surface area contributed by atoms with Gasteiger partial charge in [-0.15, -0.1) is 0 Å². The van der Waals surface area contributed by atoms with Crippen LogP contribution in [0.1, 0.15) is 10.4 Å². The van der Waals surface area contributed by atoms with Crippen molar-refractivity contribution >= 4 is 27.9 Å². The van der Waals surface area contributed by atoms with Crippen LogP contribution in [0.3, 0.4) is 0 Å². The van der Waals surface area contributed by atoms with E-state index in [9.17, 15) is 4.79 Å². The summed E-state index contributed by atoms with van der Waals surface area (Å²) in [4.78, 5) is 12.1. The van der Waals surface area contributed by atoms with Crippen LogP contribution in [0, 0.1) is 0 Å². The summed E-state index contributed by atoms with van der Waals surface area (Å²) in [6, 6.07) is 21.3. The lowest BCUT2D eigenvalue weighted by atomic mass is 9.95. The fourth-order valence-corrected chi connectivity index (χ4v) is 3.01. The van der Waals surface area contributed by atoms with Gasteiger partial charge in [-0.1, -0.05) is 48.5 Å². The Morgan fingerprint density at radius 1 is 0.826 bits per heavy atom. The molecule has 0 fully saturated rings. The van der Waals surface area contributed by atoms with Crippen LogP contribution in [0.25, 0.3) is 33.1 Å². The number of methoxy groups -OCH3 is 1. The SMILES string of the molecule is COC(=O)c1ccccc1-c1cccc2oc3ccccc3c12. The van der Waals surface area contributed by atoms with Crippen molar-refractivity contribution in [1.82, 2.24) is 0 Å². The van der Waals surface area contributed by atoms with Crippen molar-refractivity contribution in [2.24, 2.45) is 0 Å². The van der Waals surface area contributed by atoms with Gasteiger partial charge < -0.3 is 9.15 Å². The zero-order valence-electron chi connectivity index (χ0n) is 12.6. The monoisotopic (exact) mass is 302 g/mol. The first-order valence-corrected chi connectivity index (χ1v) is 7.37. The van der Waals surface area contributed by atoms with Crippen LogP contribution in [0.4, 0.5) is 0 Å². The summed E-state index contributed by atoms with van der Waals surface area (Å²) in [6.45, 7) is 0. The van der Waals surface area contributed by atoms with E-state index in [4.69, 9.17) is 9.15 Å². The first kappa shape index (κ1) is 13.6. The fourth-order valence-electron chi connectivity index (χ4n) is 3.01. The van der Waals surface area contributed by atoms with E-state index in [1.54, 1.807) is 6.07 Å². The molecule has 0 unspecified atom stereocenters. The van der Waals surface area contributed by atoms with Gasteiger partial charge in [-0.3, -0.25) is 0 Å². The molecule has 0 amide bonds. The van der Waals surface area contributed by atoms with Gasteiger partial charge in [0.2, 0.25) is 0 Å². The van der Waals surface area contributed by atoms with E-state index in [0.29, 0.717) is 5.56 Å². The molecular weight excluding hydrogens is 288 g/mol. The van der Waals surface area contributed by atoms with Crippen molar-refractivity contribution in [1.29, 1.82) is 0 Å². The molecule has 0 saturated carbocycles. The van der Waals surface area contributed by atoms with Crippen LogP contribution in [0.2, 0.25) is 0 Å². The number of para-hydroxylation sites is 1. The minimum absolute atomic E-state index is 0.342. The number of carbonyl (C=O) groups excluding carboxylic acids is 1. The molecule has 3 aromatic carbocycles. The van der Waals surface area contributed by atoms with Crippen LogP contribution >= 0.6 is 0 Å². The Hall–Kier alpha value is -3.07. The van der Waals surface area contributed by atoms with Crippen molar-refractivity contribution < 1.29 is 13.9 Å². The topological polar surface area (TPSA) is 39.4 Å². The third-order valence-electron chi connectivity index (χ3n) is 4.03. The summed E-state index contributed by atoms with van der Waals surface area (Å²) in [5.41, 5.74) is 4.01. The van der Waals surface area contributed by atoms with Gasteiger partial charge >= 0.3 is 5.97 Å². The maximum absolute atomic E-state index is 12.1. The lowest BCUT2D eigenvalue weighted by Crippen LogP contribution is -2.03. The molecule has 23 heavy (non-hydrogen) atoms. The van der Waals surface area contributed by atoms with Crippen molar-refractivity contribution in [2.45, 2.75) is 0 Å². The number of hydrogen-bond donors (Lipinski definition) is 0. The third-order valence-corrected chi connectivity index (χ3v) is 4.03. The Kier molecular flexibility index (Phi) is 3.12. The number of benzene rings is 3. The highest BCUT2D eigenvalue weighted by Gasteiger charge is 2.17. The van der Waals surface area contributed by atoms with E-state index in [1.165, 1.54) is 7.11 Å². The maximum atomic E-state index is 12.1. The number of carbonyl (C=O) groups is 1. The molecule has 0 bridgehead atoms. The van der Waals surface area contributed by atoms with Gasteiger partial charge in [0.1, 0.15) is 11.2 Å². The van der Waals surface area contributed by atoms with E-state index < -0.39 is 0 Å². The van der Waals surface area contributed by atoms with Gasteiger partial charge in [0.25, 0.3) is 0 Å². The van der Waals surface area contributed by atoms with Gasteiger partial charge in [0, 0.05) is 10.8 Å². The maximum Gasteiger partial charge on any atom is 0.338 e. The molecule has 0 spiro atoms. The fraction of sp³-hybridized carbons (Fsp3) is 0.0500. The molecule has 0 aliphatic rings. The molecule has 0 N–H and O–H groups in total. The molecule has 1 heterocycles. The van der Waals surface area contributed by atoms with Gasteiger partial charge in [0.15, 0.2) is 0 Å². The highest BCUT2D eigenvalue weighted by atomic mass is 16.5. The summed E-state index contributed by atoms with van der Waals surface area (Å²) < 4.78 is 10.8. The number of furan rings is 1. The van der Waals surface area contributed by atoms with Crippen molar-refractivity contribution in [2.75, 3.05) is 7.11 Å². The van der Waals surface area contributed by atoms with E-state index >= 15 is 0 Å². The van der Waals surface area contributed by atoms with Gasteiger partial charge in [-0.05, 0) is 29.3 Å². The van der Waals surface area contributed by atoms with Crippen LogP contribution in [0.5, 0.6) is 0 Å². The van der Waals surface area contributed by atoms with E-state index in [0.717, 1.165) is 33.1 Å². The number of esters is 1. The van der Waals surface area contributed by atoms with Crippen LogP contribution in [0.15, 0.2) is 71.1 Å². The first-order valence-electron chi connectivity index (χ1n) is 7.37. The summed E-state index contributed by atoms with van der Waals surface area (Å²) >= 11 is 0. The molecule has 0 radical (unpaired) electrons. The molecule has 0 aliphatic heterocycles. The first-order chi connectivity index (χ1) is 11.3. The van der Waals surface area contributed by atoms with E-state index in [1.807, 2.05) is 60.7 Å². The molecule has 0 saturated heterocycles. The lowest BCUT2D eigenvalue weighted by Gasteiger charge is -2.09. The summed E-state index contributed by atoms with van der Waals surface area (Å²) in [7, 11) is 1.40. The van der Waals surface area contributed by atoms with Crippen molar-refractivity contribution in [3.63, 3.8) is 0 Å². The largest absolute Gasteiger partial charge is 0.465 e. The lowest BCUT2D eigenvalue weighted by molar-refractivity contribution is 0.0601. The Bertz CT molecular complexity index is 1030. The van der Waals surface area contributed by atoms with Crippen LogP contribution < -0.4 is 0 Å². The van der Waals surface area contributed by atoms with Crippen molar-refractivity contribution in [3.05, 3.63) is 72.3 Å². The minimum atomic E-state index is -0.342. The molecule has 1 aromatic heterocycles. The molecule has 4 rings (SSSR count). The van der Waals surface area contributed by atoms with Gasteiger partial charge in [0.05, 0.1) is 12.7 Å². The number of ether oxygens (including phenoxy) is 1. The Morgan fingerprint density at radius 3 is 2.39 bits per heavy atom. The second-order valence-electron chi connectivity index (χ2n) is 5.31. The molecule has 4 aromatic rings. The zero-order chi connectivity index (χ0) is 15.8. The average Bonchev–Trinajstić information content (AvgIpc) is 2.99. The van der Waals surface area contributed by atoms with Gasteiger partial charge in [-0.25, -0.2) is 4.79 Å². The number of hydrogen-bond acceptors (Lipinski definition) is 3. The predicted octanol–water partition coefficient (Wildman–Crippen LogP) is 5.04. The molecule has 3 nitrogen and oxygen atoms in total. The Balaban J connectivity index is 2.09. The van der Waals surface area contributed by atoms with E-state index in [2.05, 4.69) is 0 Å². The molecule has 0 aliphatic carbocycles. The second-order valence-corrected chi connectivity index (χ2v) is 5.31. The smallest absolute Gasteiger partial charge is 0.338 e. The molecule has 0 atom stereocenters. The minimum Gasteiger partial charge on any atom is -0.465 e. The summed E-state index contributed by atoms with van der Waals surface area (Å²) in [5, 5.41) is 2.05. The molecule has 3 heteroatoms. The predicted molar refractivity (Wildman–Crippen MR) is 90.5 cm³/mol. The highest BCUT2D eigenvalue weighted by Crippen LogP contribution is 2.37. The highest BCUT2D eigenvalue weighted by molar-refractivity contribution is 6.14.